The number of likely N-dealkylation sites (tertiary alicyclic amines) is 1. The predicted molar refractivity (Wildman–Crippen MR) is 108 cm³/mol. The van der Waals surface area contributed by atoms with Crippen LogP contribution in [0.3, 0.4) is 0 Å². The highest BCUT2D eigenvalue weighted by Gasteiger charge is 2.37. The van der Waals surface area contributed by atoms with Crippen LogP contribution < -0.4 is 10.6 Å². The van der Waals surface area contributed by atoms with Gasteiger partial charge >= 0.3 is 0 Å². The molecule has 1 aliphatic rings. The van der Waals surface area contributed by atoms with Crippen LogP contribution in [-0.2, 0) is 11.3 Å². The fraction of sp³-hybridized carbons (Fsp3) is 0.500. The van der Waals surface area contributed by atoms with Crippen LogP contribution in [0.2, 0.25) is 0 Å². The Morgan fingerprint density at radius 1 is 1.08 bits per heavy atom. The van der Waals surface area contributed by atoms with Crippen LogP contribution in [-0.4, -0.2) is 41.5 Å². The van der Waals surface area contributed by atoms with Crippen LogP contribution >= 0.6 is 0 Å². The smallest absolute Gasteiger partial charge is 0.237 e. The Balaban J connectivity index is 1.83. The van der Waals surface area contributed by atoms with Crippen molar-refractivity contribution in [1.29, 1.82) is 0 Å². The summed E-state index contributed by atoms with van der Waals surface area (Å²) in [6, 6.07) is 15.8. The molecule has 4 nitrogen and oxygen atoms in total. The highest BCUT2D eigenvalue weighted by atomic mass is 16.2. The topological polar surface area (TPSA) is 44.4 Å². The SMILES string of the molecule is CC(C)NC(=O)[C@@H]1C[C@@H](NC(C)C)CN1Cc1cccc2ccccc12. The molecule has 4 heteroatoms. The summed E-state index contributed by atoms with van der Waals surface area (Å²) in [6.07, 6.45) is 0.863. The zero-order valence-electron chi connectivity index (χ0n) is 16.3. The summed E-state index contributed by atoms with van der Waals surface area (Å²) >= 11 is 0. The minimum Gasteiger partial charge on any atom is -0.353 e. The van der Waals surface area contributed by atoms with E-state index in [1.807, 2.05) is 13.8 Å². The Hall–Kier alpha value is -1.91. The average Bonchev–Trinajstić information content (AvgIpc) is 2.96. The predicted octanol–water partition coefficient (Wildman–Crippen LogP) is 3.31. The van der Waals surface area contributed by atoms with E-state index in [0.717, 1.165) is 19.5 Å². The third-order valence-electron chi connectivity index (χ3n) is 4.96. The first-order chi connectivity index (χ1) is 12.4. The summed E-state index contributed by atoms with van der Waals surface area (Å²) in [6.45, 7) is 10.1. The Kier molecular flexibility index (Phi) is 5.94. The largest absolute Gasteiger partial charge is 0.353 e. The fourth-order valence-corrected chi connectivity index (χ4v) is 3.97. The minimum atomic E-state index is -0.0763. The number of amides is 1. The van der Waals surface area contributed by atoms with E-state index < -0.39 is 0 Å². The zero-order chi connectivity index (χ0) is 18.7. The Labute approximate surface area is 157 Å². The lowest BCUT2D eigenvalue weighted by molar-refractivity contribution is -0.126. The van der Waals surface area contributed by atoms with Gasteiger partial charge in [-0.3, -0.25) is 9.69 Å². The number of carbonyl (C=O) groups is 1. The number of hydrogen-bond donors (Lipinski definition) is 2. The summed E-state index contributed by atoms with van der Waals surface area (Å²) < 4.78 is 0. The maximum absolute atomic E-state index is 12.8. The van der Waals surface area contributed by atoms with E-state index >= 15 is 0 Å². The lowest BCUT2D eigenvalue weighted by Gasteiger charge is -2.25. The summed E-state index contributed by atoms with van der Waals surface area (Å²) in [7, 11) is 0. The van der Waals surface area contributed by atoms with Gasteiger partial charge in [0.05, 0.1) is 6.04 Å². The van der Waals surface area contributed by atoms with Crippen molar-refractivity contribution in [1.82, 2.24) is 15.5 Å². The van der Waals surface area contributed by atoms with Gasteiger partial charge in [-0.25, -0.2) is 0 Å². The maximum atomic E-state index is 12.8. The monoisotopic (exact) mass is 353 g/mol. The average molecular weight is 354 g/mol. The van der Waals surface area contributed by atoms with Gasteiger partial charge in [0, 0.05) is 31.2 Å². The van der Waals surface area contributed by atoms with E-state index in [1.54, 1.807) is 0 Å². The molecule has 1 saturated heterocycles. The van der Waals surface area contributed by atoms with Gasteiger partial charge in [0.2, 0.25) is 5.91 Å². The second kappa shape index (κ2) is 8.19. The van der Waals surface area contributed by atoms with Crippen LogP contribution in [0, 0.1) is 0 Å². The molecule has 140 valence electrons. The van der Waals surface area contributed by atoms with Gasteiger partial charge in [0.25, 0.3) is 0 Å². The molecule has 1 fully saturated rings. The van der Waals surface area contributed by atoms with Crippen molar-refractivity contribution in [2.24, 2.45) is 0 Å². The van der Waals surface area contributed by atoms with Crippen molar-refractivity contribution in [3.63, 3.8) is 0 Å². The summed E-state index contributed by atoms with van der Waals surface area (Å²) in [4.78, 5) is 15.1. The van der Waals surface area contributed by atoms with Crippen LogP contribution in [0.5, 0.6) is 0 Å². The molecule has 2 atom stereocenters. The maximum Gasteiger partial charge on any atom is 0.237 e. The first-order valence-corrected chi connectivity index (χ1v) is 9.71. The normalized spacial score (nSPS) is 21.0. The number of fused-ring (bicyclic) bond motifs is 1. The van der Waals surface area contributed by atoms with Crippen molar-refractivity contribution in [2.45, 2.75) is 64.8 Å². The third-order valence-corrected chi connectivity index (χ3v) is 4.96. The van der Waals surface area contributed by atoms with E-state index in [4.69, 9.17) is 0 Å². The van der Waals surface area contributed by atoms with Gasteiger partial charge in [0.1, 0.15) is 0 Å². The lowest BCUT2D eigenvalue weighted by Crippen LogP contribution is -2.45. The third kappa shape index (κ3) is 4.43. The molecular formula is C22H31N3O. The molecule has 0 bridgehead atoms. The van der Waals surface area contributed by atoms with E-state index in [0.29, 0.717) is 12.1 Å². The second-order valence-corrected chi connectivity index (χ2v) is 8.00. The molecule has 0 spiro atoms. The van der Waals surface area contributed by atoms with Crippen molar-refractivity contribution in [3.05, 3.63) is 48.0 Å². The van der Waals surface area contributed by atoms with Crippen molar-refractivity contribution in [2.75, 3.05) is 6.54 Å². The summed E-state index contributed by atoms with van der Waals surface area (Å²) in [5, 5.41) is 9.24. The number of nitrogens with zero attached hydrogens (tertiary/aromatic N) is 1. The van der Waals surface area contributed by atoms with Gasteiger partial charge in [0.15, 0.2) is 0 Å². The van der Waals surface area contributed by atoms with Gasteiger partial charge < -0.3 is 10.6 Å². The molecule has 2 aromatic rings. The van der Waals surface area contributed by atoms with Gasteiger partial charge in [-0.1, -0.05) is 56.3 Å². The highest BCUT2D eigenvalue weighted by Crippen LogP contribution is 2.25. The molecule has 1 heterocycles. The number of hydrogen-bond acceptors (Lipinski definition) is 3. The van der Waals surface area contributed by atoms with E-state index in [9.17, 15) is 4.79 Å². The molecule has 2 N–H and O–H groups in total. The summed E-state index contributed by atoms with van der Waals surface area (Å²) in [5.41, 5.74) is 1.29. The number of rotatable bonds is 6. The van der Waals surface area contributed by atoms with Crippen LogP contribution in [0.4, 0.5) is 0 Å². The molecule has 0 aliphatic carbocycles. The van der Waals surface area contributed by atoms with Crippen molar-refractivity contribution < 1.29 is 4.79 Å². The zero-order valence-corrected chi connectivity index (χ0v) is 16.3. The molecule has 2 aromatic carbocycles. The van der Waals surface area contributed by atoms with E-state index in [2.05, 4.69) is 71.8 Å². The van der Waals surface area contributed by atoms with Crippen LogP contribution in [0.25, 0.3) is 10.8 Å². The fourth-order valence-electron chi connectivity index (χ4n) is 3.97. The standard InChI is InChI=1S/C22H31N3O/c1-15(2)23-19-12-21(22(26)24-16(3)4)25(14-19)13-18-10-7-9-17-8-5-6-11-20(17)18/h5-11,15-16,19,21,23H,12-14H2,1-4H3,(H,24,26)/t19-,21+/m1/s1. The molecule has 26 heavy (non-hydrogen) atoms. The van der Waals surface area contributed by atoms with E-state index in [-0.39, 0.29) is 18.0 Å². The second-order valence-electron chi connectivity index (χ2n) is 8.00. The highest BCUT2D eigenvalue weighted by molar-refractivity contribution is 5.86. The van der Waals surface area contributed by atoms with Crippen molar-refractivity contribution in [3.8, 4) is 0 Å². The quantitative estimate of drug-likeness (QED) is 0.837. The molecule has 0 unspecified atom stereocenters. The molecule has 0 saturated carbocycles. The number of benzene rings is 2. The van der Waals surface area contributed by atoms with Gasteiger partial charge in [-0.15, -0.1) is 0 Å². The van der Waals surface area contributed by atoms with Gasteiger partial charge in [-0.05, 0) is 36.6 Å². The Morgan fingerprint density at radius 3 is 2.54 bits per heavy atom. The molecule has 1 amide bonds. The van der Waals surface area contributed by atoms with Gasteiger partial charge in [-0.2, -0.15) is 0 Å². The Bertz CT molecular complexity index is 751. The molecule has 1 aliphatic heterocycles. The number of nitrogens with one attached hydrogen (secondary N) is 2. The molecular weight excluding hydrogens is 322 g/mol. The van der Waals surface area contributed by atoms with Crippen LogP contribution in [0.1, 0.15) is 39.7 Å². The van der Waals surface area contributed by atoms with Crippen LogP contribution in [0.15, 0.2) is 42.5 Å². The minimum absolute atomic E-state index is 0.0763. The molecule has 3 rings (SSSR count). The first kappa shape index (κ1) is 18.9. The van der Waals surface area contributed by atoms with E-state index in [1.165, 1.54) is 16.3 Å². The Morgan fingerprint density at radius 2 is 1.81 bits per heavy atom. The summed E-state index contributed by atoms with van der Waals surface area (Å²) in [5.74, 6) is 0.147. The molecule has 0 aromatic heterocycles. The first-order valence-electron chi connectivity index (χ1n) is 9.71. The number of carbonyl (C=O) groups excluding carboxylic acids is 1. The molecule has 0 radical (unpaired) electrons. The van der Waals surface area contributed by atoms with Crippen molar-refractivity contribution >= 4 is 16.7 Å². The lowest BCUT2D eigenvalue weighted by atomic mass is 10.0.